The zero-order chi connectivity index (χ0) is 12.3. The lowest BCUT2D eigenvalue weighted by molar-refractivity contribution is -0.137. The van der Waals surface area contributed by atoms with Gasteiger partial charge < -0.3 is 10.8 Å². The predicted octanol–water partition coefficient (Wildman–Crippen LogP) is 0.872. The molecule has 92 valence electrons. The van der Waals surface area contributed by atoms with Crippen LogP contribution >= 0.6 is 0 Å². The molecule has 5 nitrogen and oxygen atoms in total. The Hall–Kier alpha value is -1.49. The van der Waals surface area contributed by atoms with E-state index in [9.17, 15) is 4.79 Å². The third kappa shape index (κ3) is 2.79. The molecular weight excluding hydrogens is 218 g/mol. The first-order chi connectivity index (χ1) is 8.20. The van der Waals surface area contributed by atoms with Crippen molar-refractivity contribution in [3.05, 3.63) is 23.3 Å². The molecule has 1 unspecified atom stereocenters. The predicted molar refractivity (Wildman–Crippen MR) is 62.7 cm³/mol. The molecule has 0 aliphatic heterocycles. The van der Waals surface area contributed by atoms with Gasteiger partial charge in [-0.2, -0.15) is 0 Å². The third-order valence-electron chi connectivity index (χ3n) is 3.15. The van der Waals surface area contributed by atoms with Crippen molar-refractivity contribution in [2.45, 2.75) is 38.0 Å². The van der Waals surface area contributed by atoms with Crippen molar-refractivity contribution < 1.29 is 9.90 Å². The van der Waals surface area contributed by atoms with Gasteiger partial charge in [-0.15, -0.1) is 0 Å². The second-order valence-corrected chi connectivity index (χ2v) is 4.43. The monoisotopic (exact) mass is 235 g/mol. The number of carbonyl (C=O) groups is 1. The summed E-state index contributed by atoms with van der Waals surface area (Å²) in [6, 6.07) is 0. The van der Waals surface area contributed by atoms with Crippen molar-refractivity contribution in [2.75, 3.05) is 6.54 Å². The van der Waals surface area contributed by atoms with E-state index < -0.39 is 5.97 Å². The number of fused-ring (bicyclic) bond motifs is 1. The van der Waals surface area contributed by atoms with Crippen LogP contribution in [-0.4, -0.2) is 27.6 Å². The SMILES string of the molecule is NCC(CC(=O)O)c1cnc2c(n1)CCCC2. The highest BCUT2D eigenvalue weighted by molar-refractivity contribution is 5.67. The number of nitrogens with two attached hydrogens (primary N) is 1. The first-order valence-corrected chi connectivity index (χ1v) is 5.97. The Labute approximate surface area is 100 Å². The number of hydrogen-bond acceptors (Lipinski definition) is 4. The average molecular weight is 235 g/mol. The van der Waals surface area contributed by atoms with Crippen LogP contribution < -0.4 is 5.73 Å². The molecule has 0 spiro atoms. The molecule has 0 saturated heterocycles. The van der Waals surface area contributed by atoms with E-state index in [-0.39, 0.29) is 12.3 Å². The summed E-state index contributed by atoms with van der Waals surface area (Å²) in [6.07, 6.45) is 5.93. The van der Waals surface area contributed by atoms with Crippen LogP contribution in [0.25, 0.3) is 0 Å². The molecule has 1 atom stereocenters. The maximum atomic E-state index is 10.7. The topological polar surface area (TPSA) is 89.1 Å². The van der Waals surface area contributed by atoms with Crippen molar-refractivity contribution in [2.24, 2.45) is 5.73 Å². The standard InChI is InChI=1S/C12H17N3O2/c13-6-8(5-12(16)17)11-7-14-9-3-1-2-4-10(9)15-11/h7-8H,1-6,13H2,(H,16,17). The van der Waals surface area contributed by atoms with Gasteiger partial charge >= 0.3 is 5.97 Å². The van der Waals surface area contributed by atoms with E-state index in [1.165, 1.54) is 0 Å². The molecule has 3 N–H and O–H groups in total. The zero-order valence-electron chi connectivity index (χ0n) is 9.72. The molecule has 5 heteroatoms. The van der Waals surface area contributed by atoms with Gasteiger partial charge in [-0.3, -0.25) is 14.8 Å². The second-order valence-electron chi connectivity index (χ2n) is 4.43. The first kappa shape index (κ1) is 12.0. The fourth-order valence-corrected chi connectivity index (χ4v) is 2.18. The molecule has 0 aromatic carbocycles. The highest BCUT2D eigenvalue weighted by Crippen LogP contribution is 2.21. The fourth-order valence-electron chi connectivity index (χ4n) is 2.18. The first-order valence-electron chi connectivity index (χ1n) is 5.97. The molecule has 0 saturated carbocycles. The summed E-state index contributed by atoms with van der Waals surface area (Å²) < 4.78 is 0. The minimum Gasteiger partial charge on any atom is -0.481 e. The largest absolute Gasteiger partial charge is 0.481 e. The number of aromatic nitrogens is 2. The van der Waals surface area contributed by atoms with E-state index in [1.807, 2.05) is 0 Å². The van der Waals surface area contributed by atoms with Gasteiger partial charge in [-0.1, -0.05) is 0 Å². The molecule has 0 fully saturated rings. The number of nitrogens with zero attached hydrogens (tertiary/aromatic N) is 2. The lowest BCUT2D eigenvalue weighted by Gasteiger charge is -2.17. The normalized spacial score (nSPS) is 16.3. The van der Waals surface area contributed by atoms with Gasteiger partial charge in [-0.05, 0) is 25.7 Å². The van der Waals surface area contributed by atoms with Crippen LogP contribution in [0.15, 0.2) is 6.20 Å². The molecule has 1 aliphatic carbocycles. The minimum atomic E-state index is -0.847. The summed E-state index contributed by atoms with van der Waals surface area (Å²) in [7, 11) is 0. The highest BCUT2D eigenvalue weighted by atomic mass is 16.4. The number of aryl methyl sites for hydroxylation is 2. The van der Waals surface area contributed by atoms with Crippen LogP contribution in [-0.2, 0) is 17.6 Å². The van der Waals surface area contributed by atoms with Gasteiger partial charge in [0.25, 0.3) is 0 Å². The van der Waals surface area contributed by atoms with E-state index in [2.05, 4.69) is 9.97 Å². The molecule has 1 aliphatic rings. The van der Waals surface area contributed by atoms with E-state index in [0.29, 0.717) is 6.54 Å². The summed E-state index contributed by atoms with van der Waals surface area (Å²) in [5.41, 5.74) is 8.40. The maximum absolute atomic E-state index is 10.7. The number of aliphatic carboxylic acids is 1. The van der Waals surface area contributed by atoms with E-state index in [0.717, 1.165) is 42.8 Å². The van der Waals surface area contributed by atoms with Gasteiger partial charge in [0.15, 0.2) is 0 Å². The van der Waals surface area contributed by atoms with Gasteiger partial charge in [-0.25, -0.2) is 0 Å². The molecule has 0 bridgehead atoms. The Bertz CT molecular complexity index is 420. The van der Waals surface area contributed by atoms with Gasteiger partial charge in [0.05, 0.1) is 23.5 Å². The molecule has 1 heterocycles. The number of carboxylic acids is 1. The number of rotatable bonds is 4. The summed E-state index contributed by atoms with van der Waals surface area (Å²) in [6.45, 7) is 0.291. The van der Waals surface area contributed by atoms with Crippen LogP contribution in [0.1, 0.15) is 42.3 Å². The van der Waals surface area contributed by atoms with Crippen LogP contribution in [0.5, 0.6) is 0 Å². The Kier molecular flexibility index (Phi) is 3.68. The molecule has 1 aromatic heterocycles. The molecule has 2 rings (SSSR count). The maximum Gasteiger partial charge on any atom is 0.304 e. The summed E-state index contributed by atoms with van der Waals surface area (Å²) in [4.78, 5) is 19.6. The molecular formula is C12H17N3O2. The van der Waals surface area contributed by atoms with Crippen molar-refractivity contribution in [1.29, 1.82) is 0 Å². The van der Waals surface area contributed by atoms with Gasteiger partial charge in [0, 0.05) is 18.7 Å². The average Bonchev–Trinajstić information content (AvgIpc) is 2.35. The van der Waals surface area contributed by atoms with E-state index in [1.54, 1.807) is 6.20 Å². The Morgan fingerprint density at radius 2 is 2.12 bits per heavy atom. The quantitative estimate of drug-likeness (QED) is 0.808. The van der Waals surface area contributed by atoms with Crippen LogP contribution in [0.4, 0.5) is 0 Å². The van der Waals surface area contributed by atoms with Crippen molar-refractivity contribution in [1.82, 2.24) is 9.97 Å². The highest BCUT2D eigenvalue weighted by Gasteiger charge is 2.19. The lowest BCUT2D eigenvalue weighted by atomic mass is 9.98. The van der Waals surface area contributed by atoms with Crippen LogP contribution in [0, 0.1) is 0 Å². The molecule has 0 amide bonds. The van der Waals surface area contributed by atoms with Crippen LogP contribution in [0.2, 0.25) is 0 Å². The Morgan fingerprint density at radius 3 is 2.76 bits per heavy atom. The molecule has 0 radical (unpaired) electrons. The van der Waals surface area contributed by atoms with Gasteiger partial charge in [0.2, 0.25) is 0 Å². The Morgan fingerprint density at radius 1 is 1.41 bits per heavy atom. The number of carboxylic acid groups (broad SMARTS) is 1. The van der Waals surface area contributed by atoms with E-state index >= 15 is 0 Å². The van der Waals surface area contributed by atoms with Crippen molar-refractivity contribution in [3.63, 3.8) is 0 Å². The van der Waals surface area contributed by atoms with Gasteiger partial charge in [0.1, 0.15) is 0 Å². The van der Waals surface area contributed by atoms with Crippen molar-refractivity contribution in [3.8, 4) is 0 Å². The summed E-state index contributed by atoms with van der Waals surface area (Å²) in [5.74, 6) is -1.08. The Balaban J connectivity index is 2.22. The summed E-state index contributed by atoms with van der Waals surface area (Å²) >= 11 is 0. The fraction of sp³-hybridized carbons (Fsp3) is 0.583. The molecule has 1 aromatic rings. The smallest absolute Gasteiger partial charge is 0.304 e. The summed E-state index contributed by atoms with van der Waals surface area (Å²) in [5, 5.41) is 8.81. The zero-order valence-corrected chi connectivity index (χ0v) is 9.72. The second kappa shape index (κ2) is 5.23. The van der Waals surface area contributed by atoms with Crippen molar-refractivity contribution >= 4 is 5.97 Å². The number of hydrogen-bond donors (Lipinski definition) is 2. The van der Waals surface area contributed by atoms with E-state index in [4.69, 9.17) is 10.8 Å². The minimum absolute atomic E-state index is 0.0178. The third-order valence-corrected chi connectivity index (χ3v) is 3.15. The van der Waals surface area contributed by atoms with Crippen LogP contribution in [0.3, 0.4) is 0 Å². The lowest BCUT2D eigenvalue weighted by Crippen LogP contribution is -2.19. The molecule has 17 heavy (non-hydrogen) atoms.